The van der Waals surface area contributed by atoms with Gasteiger partial charge in [-0.1, -0.05) is 18.2 Å². The average Bonchev–Trinajstić information content (AvgIpc) is 3.27. The average molecular weight is 382 g/mol. The third-order valence-electron chi connectivity index (χ3n) is 4.22. The molecule has 0 saturated carbocycles. The molecule has 0 spiro atoms. The van der Waals surface area contributed by atoms with Crippen LogP contribution in [0.15, 0.2) is 53.1 Å². The molecule has 0 saturated heterocycles. The number of fused-ring (bicyclic) bond motifs is 1. The van der Waals surface area contributed by atoms with E-state index in [0.29, 0.717) is 28.4 Å². The van der Waals surface area contributed by atoms with Crippen LogP contribution in [0.2, 0.25) is 0 Å². The van der Waals surface area contributed by atoms with Crippen molar-refractivity contribution in [3.8, 4) is 22.7 Å². The lowest BCUT2D eigenvalue weighted by molar-refractivity contribution is 0.602. The highest BCUT2D eigenvalue weighted by Gasteiger charge is 2.17. The maximum atomic E-state index is 11.8. The number of aryl methyl sites for hydroxylation is 1. The quantitative estimate of drug-likeness (QED) is 0.544. The second kappa shape index (κ2) is 6.55. The van der Waals surface area contributed by atoms with Crippen LogP contribution in [0.4, 0.5) is 5.69 Å². The minimum Gasteiger partial charge on any atom is -0.436 e. The summed E-state index contributed by atoms with van der Waals surface area (Å²) in [7, 11) is -3.35. The zero-order chi connectivity index (χ0) is 19.0. The van der Waals surface area contributed by atoms with Gasteiger partial charge in [0, 0.05) is 11.3 Å². The first kappa shape index (κ1) is 17.3. The smallest absolute Gasteiger partial charge is 0.232 e. The summed E-state index contributed by atoms with van der Waals surface area (Å²) in [5.41, 5.74) is 5.25. The fraction of sp³-hybridized carbons (Fsp3) is 0.158. The zero-order valence-corrected chi connectivity index (χ0v) is 15.7. The van der Waals surface area contributed by atoms with E-state index in [1.54, 1.807) is 31.3 Å². The van der Waals surface area contributed by atoms with Crippen molar-refractivity contribution in [3.05, 3.63) is 54.2 Å². The lowest BCUT2D eigenvalue weighted by Crippen LogP contribution is -2.14. The van der Waals surface area contributed by atoms with Gasteiger partial charge in [-0.15, -0.1) is 0 Å². The maximum absolute atomic E-state index is 11.8. The molecule has 27 heavy (non-hydrogen) atoms. The summed E-state index contributed by atoms with van der Waals surface area (Å²) < 4.78 is 32.1. The highest BCUT2D eigenvalue weighted by molar-refractivity contribution is 7.92. The van der Waals surface area contributed by atoms with E-state index in [-0.39, 0.29) is 5.75 Å². The fourth-order valence-corrected chi connectivity index (χ4v) is 3.44. The normalized spacial score (nSPS) is 11.8. The molecule has 0 aliphatic rings. The Kier molecular flexibility index (Phi) is 4.19. The number of H-pyrrole nitrogens is 1. The molecule has 2 N–H and O–H groups in total. The van der Waals surface area contributed by atoms with Gasteiger partial charge in [0.2, 0.25) is 15.9 Å². The van der Waals surface area contributed by atoms with E-state index in [4.69, 9.17) is 4.42 Å². The summed E-state index contributed by atoms with van der Waals surface area (Å²) in [5.74, 6) is 0.466. The van der Waals surface area contributed by atoms with Crippen molar-refractivity contribution >= 4 is 26.8 Å². The van der Waals surface area contributed by atoms with Gasteiger partial charge in [-0.3, -0.25) is 9.82 Å². The molecular weight excluding hydrogens is 364 g/mol. The molecule has 2 aromatic carbocycles. The van der Waals surface area contributed by atoms with Crippen molar-refractivity contribution in [1.82, 2.24) is 15.2 Å². The molecule has 4 aromatic rings. The van der Waals surface area contributed by atoms with E-state index in [1.807, 2.05) is 31.2 Å². The van der Waals surface area contributed by atoms with E-state index < -0.39 is 10.0 Å². The molecule has 0 bridgehead atoms. The largest absolute Gasteiger partial charge is 0.436 e. The van der Waals surface area contributed by atoms with Crippen molar-refractivity contribution in [3.63, 3.8) is 0 Å². The van der Waals surface area contributed by atoms with Gasteiger partial charge in [0.1, 0.15) is 5.52 Å². The van der Waals surface area contributed by atoms with Crippen LogP contribution in [0.3, 0.4) is 0 Å². The predicted molar refractivity (Wildman–Crippen MR) is 105 cm³/mol. The van der Waals surface area contributed by atoms with Gasteiger partial charge < -0.3 is 4.42 Å². The van der Waals surface area contributed by atoms with Crippen molar-refractivity contribution in [1.29, 1.82) is 0 Å². The number of nitrogens with zero attached hydrogens (tertiary/aromatic N) is 2. The summed E-state index contributed by atoms with van der Waals surface area (Å²) in [6, 6.07) is 12.9. The molecule has 4 rings (SSSR count). The first-order chi connectivity index (χ1) is 12.9. The number of aromatic nitrogens is 3. The molecule has 0 unspecified atom stereocenters. The molecule has 0 radical (unpaired) electrons. The minimum absolute atomic E-state index is 0.00879. The predicted octanol–water partition coefficient (Wildman–Crippen LogP) is 3.95. The molecule has 2 heterocycles. The van der Waals surface area contributed by atoms with Gasteiger partial charge in [-0.05, 0) is 43.7 Å². The molecular formula is C19H18N4O3S. The third kappa shape index (κ3) is 3.43. The lowest BCUT2D eigenvalue weighted by atomic mass is 10.1. The van der Waals surface area contributed by atoms with Gasteiger partial charge in [-0.2, -0.15) is 5.10 Å². The Labute approximate surface area is 156 Å². The Morgan fingerprint density at radius 2 is 2.04 bits per heavy atom. The van der Waals surface area contributed by atoms with Crippen LogP contribution in [0, 0.1) is 6.92 Å². The molecule has 0 atom stereocenters. The molecule has 7 nitrogen and oxygen atoms in total. The van der Waals surface area contributed by atoms with Gasteiger partial charge >= 0.3 is 0 Å². The number of anilines is 1. The SMILES string of the molecule is CCS(=O)(=O)Nc1cccc(-c2[nH]ncc2-c2nc3ccc(C)cc3o2)c1. The summed E-state index contributed by atoms with van der Waals surface area (Å²) in [5, 5.41) is 7.07. The second-order valence-electron chi connectivity index (χ2n) is 6.24. The Morgan fingerprint density at radius 3 is 2.85 bits per heavy atom. The number of oxazole rings is 1. The van der Waals surface area contributed by atoms with Crippen molar-refractivity contribution in [2.24, 2.45) is 0 Å². The van der Waals surface area contributed by atoms with Crippen LogP contribution in [-0.4, -0.2) is 29.4 Å². The maximum Gasteiger partial charge on any atom is 0.232 e. The Balaban J connectivity index is 1.75. The number of hydrogen-bond acceptors (Lipinski definition) is 5. The third-order valence-corrected chi connectivity index (χ3v) is 5.53. The number of sulfonamides is 1. The van der Waals surface area contributed by atoms with E-state index in [9.17, 15) is 8.42 Å². The molecule has 0 aliphatic heterocycles. The molecule has 2 aromatic heterocycles. The van der Waals surface area contributed by atoms with Crippen molar-refractivity contribution in [2.75, 3.05) is 10.5 Å². The van der Waals surface area contributed by atoms with Gasteiger partial charge in [0.25, 0.3) is 0 Å². The molecule has 0 amide bonds. The van der Waals surface area contributed by atoms with E-state index in [0.717, 1.165) is 16.6 Å². The van der Waals surface area contributed by atoms with Crippen molar-refractivity contribution < 1.29 is 12.8 Å². The van der Waals surface area contributed by atoms with Crippen molar-refractivity contribution in [2.45, 2.75) is 13.8 Å². The first-order valence-corrected chi connectivity index (χ1v) is 10.1. The van der Waals surface area contributed by atoms with Gasteiger partial charge in [-0.25, -0.2) is 13.4 Å². The molecule has 0 aliphatic carbocycles. The number of aromatic amines is 1. The van der Waals surface area contributed by atoms with Gasteiger partial charge in [0.05, 0.1) is 23.2 Å². The van der Waals surface area contributed by atoms with Crippen LogP contribution >= 0.6 is 0 Å². The van der Waals surface area contributed by atoms with E-state index >= 15 is 0 Å². The Bertz CT molecular complexity index is 1220. The molecule has 138 valence electrons. The van der Waals surface area contributed by atoms with Gasteiger partial charge in [0.15, 0.2) is 5.58 Å². The minimum atomic E-state index is -3.35. The lowest BCUT2D eigenvalue weighted by Gasteiger charge is -2.08. The fourth-order valence-electron chi connectivity index (χ4n) is 2.81. The van der Waals surface area contributed by atoms with Crippen LogP contribution in [0.25, 0.3) is 33.8 Å². The molecule has 0 fully saturated rings. The number of nitrogens with one attached hydrogen (secondary N) is 2. The summed E-state index contributed by atoms with van der Waals surface area (Å²) >= 11 is 0. The topological polar surface area (TPSA) is 101 Å². The Hall–Kier alpha value is -3.13. The molecule has 8 heteroatoms. The highest BCUT2D eigenvalue weighted by Crippen LogP contribution is 2.33. The first-order valence-electron chi connectivity index (χ1n) is 8.47. The number of benzene rings is 2. The van der Waals surface area contributed by atoms with Crippen LogP contribution < -0.4 is 4.72 Å². The zero-order valence-electron chi connectivity index (χ0n) is 14.9. The van der Waals surface area contributed by atoms with Crippen LogP contribution in [0.1, 0.15) is 12.5 Å². The Morgan fingerprint density at radius 1 is 1.19 bits per heavy atom. The second-order valence-corrected chi connectivity index (χ2v) is 8.25. The summed E-state index contributed by atoms with van der Waals surface area (Å²) in [4.78, 5) is 4.54. The number of rotatable bonds is 5. The monoisotopic (exact) mass is 382 g/mol. The summed E-state index contributed by atoms with van der Waals surface area (Å²) in [6.45, 7) is 3.59. The van der Waals surface area contributed by atoms with E-state index in [1.165, 1.54) is 0 Å². The van der Waals surface area contributed by atoms with Crippen LogP contribution in [-0.2, 0) is 10.0 Å². The summed E-state index contributed by atoms with van der Waals surface area (Å²) in [6.07, 6.45) is 1.65. The highest BCUT2D eigenvalue weighted by atomic mass is 32.2. The van der Waals surface area contributed by atoms with Crippen LogP contribution in [0.5, 0.6) is 0 Å². The number of hydrogen-bond donors (Lipinski definition) is 2. The standard InChI is InChI=1S/C19H18N4O3S/c1-3-27(24,25)23-14-6-4-5-13(10-14)18-15(11-20-22-18)19-21-16-8-7-12(2)9-17(16)26-19/h4-11,23H,3H2,1-2H3,(H,20,22). The van der Waals surface area contributed by atoms with E-state index in [2.05, 4.69) is 19.9 Å².